The third kappa shape index (κ3) is 2.73. The van der Waals surface area contributed by atoms with Gasteiger partial charge in [-0.1, -0.05) is 36.8 Å². The number of aromatic nitrogens is 2. The Bertz CT molecular complexity index is 700. The first-order valence-electron chi connectivity index (χ1n) is 8.81. The summed E-state index contributed by atoms with van der Waals surface area (Å²) in [5, 5.41) is 7.44. The Labute approximate surface area is 142 Å². The number of carbonyl (C=O) groups excluding carboxylic acids is 1. The van der Waals surface area contributed by atoms with E-state index in [0.29, 0.717) is 18.9 Å². The van der Waals surface area contributed by atoms with E-state index in [1.807, 2.05) is 41.1 Å². The fraction of sp³-hybridized carbons (Fsp3) is 0.474. The number of carbonyl (C=O) groups is 1. The van der Waals surface area contributed by atoms with Gasteiger partial charge >= 0.3 is 0 Å². The summed E-state index contributed by atoms with van der Waals surface area (Å²) in [7, 11) is 0. The zero-order valence-corrected chi connectivity index (χ0v) is 13.8. The molecule has 126 valence electrons. The topological polar surface area (TPSA) is 56.2 Å². The largest absolute Gasteiger partial charge is 0.360 e. The van der Waals surface area contributed by atoms with Crippen molar-refractivity contribution in [1.82, 2.24) is 9.78 Å². The maximum atomic E-state index is 13.1. The van der Waals surface area contributed by atoms with Gasteiger partial charge in [0.15, 0.2) is 5.60 Å². The predicted octanol–water partition coefficient (Wildman–Crippen LogP) is 3.33. The van der Waals surface area contributed by atoms with E-state index in [1.165, 1.54) is 19.3 Å². The van der Waals surface area contributed by atoms with Gasteiger partial charge in [0.25, 0.3) is 5.91 Å². The van der Waals surface area contributed by atoms with Crippen LogP contribution in [0.4, 0.5) is 5.82 Å². The van der Waals surface area contributed by atoms with E-state index in [2.05, 4.69) is 10.4 Å². The number of nitrogens with zero attached hydrogens (tertiary/aromatic N) is 2. The average molecular weight is 325 g/mol. The van der Waals surface area contributed by atoms with Crippen LogP contribution in [0.25, 0.3) is 0 Å². The quantitative estimate of drug-likeness (QED) is 0.917. The molecule has 0 radical (unpaired) electrons. The number of benzene rings is 1. The van der Waals surface area contributed by atoms with Crippen LogP contribution >= 0.6 is 0 Å². The molecule has 1 N–H and O–H groups in total. The lowest BCUT2D eigenvalue weighted by Gasteiger charge is -2.29. The van der Waals surface area contributed by atoms with Crippen molar-refractivity contribution in [2.75, 3.05) is 11.9 Å². The molecule has 2 heterocycles. The van der Waals surface area contributed by atoms with Gasteiger partial charge in [-0.3, -0.25) is 4.79 Å². The summed E-state index contributed by atoms with van der Waals surface area (Å²) in [6.45, 7) is 1.49. The first-order valence-corrected chi connectivity index (χ1v) is 8.81. The zero-order chi connectivity index (χ0) is 16.4. The van der Waals surface area contributed by atoms with Gasteiger partial charge in [-0.2, -0.15) is 5.10 Å². The van der Waals surface area contributed by atoms with Gasteiger partial charge in [-0.15, -0.1) is 0 Å². The number of hydrogen-bond donors (Lipinski definition) is 1. The van der Waals surface area contributed by atoms with E-state index >= 15 is 0 Å². The molecule has 24 heavy (non-hydrogen) atoms. The number of anilines is 1. The molecule has 5 heteroatoms. The SMILES string of the molecule is O=C(Nc1ccnn1CC1CCC1)C1(c2ccccc2)CCCO1. The van der Waals surface area contributed by atoms with Crippen LogP contribution in [0.5, 0.6) is 0 Å². The van der Waals surface area contributed by atoms with Crippen LogP contribution in [0.3, 0.4) is 0 Å². The lowest BCUT2D eigenvalue weighted by Crippen LogP contribution is -2.40. The van der Waals surface area contributed by atoms with E-state index in [1.54, 1.807) is 6.20 Å². The third-order valence-corrected chi connectivity index (χ3v) is 5.24. The van der Waals surface area contributed by atoms with Crippen molar-refractivity contribution in [2.45, 2.75) is 44.2 Å². The molecular formula is C19H23N3O2. The van der Waals surface area contributed by atoms with Crippen molar-refractivity contribution in [3.63, 3.8) is 0 Å². The molecule has 1 saturated heterocycles. The summed E-state index contributed by atoms with van der Waals surface area (Å²) in [6, 6.07) is 11.7. The molecular weight excluding hydrogens is 302 g/mol. The summed E-state index contributed by atoms with van der Waals surface area (Å²) in [6.07, 6.45) is 7.16. The summed E-state index contributed by atoms with van der Waals surface area (Å²) in [5.74, 6) is 1.35. The van der Waals surface area contributed by atoms with Gasteiger partial charge in [0.05, 0.1) is 6.20 Å². The van der Waals surface area contributed by atoms with Crippen LogP contribution in [0.2, 0.25) is 0 Å². The van der Waals surface area contributed by atoms with Gasteiger partial charge in [0, 0.05) is 19.2 Å². The lowest BCUT2D eigenvalue weighted by molar-refractivity contribution is -0.136. The van der Waals surface area contributed by atoms with Gasteiger partial charge in [0.2, 0.25) is 0 Å². The molecule has 5 nitrogen and oxygen atoms in total. The van der Waals surface area contributed by atoms with Crippen LogP contribution in [0.1, 0.15) is 37.7 Å². The maximum absolute atomic E-state index is 13.1. The lowest BCUT2D eigenvalue weighted by atomic mass is 9.85. The molecule has 2 fully saturated rings. The van der Waals surface area contributed by atoms with Gasteiger partial charge in [-0.25, -0.2) is 4.68 Å². The van der Waals surface area contributed by atoms with Crippen molar-refractivity contribution in [3.8, 4) is 0 Å². The summed E-state index contributed by atoms with van der Waals surface area (Å²) < 4.78 is 7.86. The average Bonchev–Trinajstić information content (AvgIpc) is 3.22. The second-order valence-electron chi connectivity index (χ2n) is 6.79. The third-order valence-electron chi connectivity index (χ3n) is 5.24. The van der Waals surface area contributed by atoms with Crippen LogP contribution in [-0.4, -0.2) is 22.3 Å². The highest BCUT2D eigenvalue weighted by molar-refractivity contribution is 5.97. The summed E-state index contributed by atoms with van der Waals surface area (Å²) in [5.41, 5.74) is 0.0392. The standard InChI is InChI=1S/C19H23N3O2/c23-18(19(11-5-13-24-19)16-8-2-1-3-9-16)21-17-10-12-20-22(17)14-15-6-4-7-15/h1-3,8-10,12,15H,4-7,11,13-14H2,(H,21,23). The molecule has 2 aliphatic rings. The van der Waals surface area contributed by atoms with E-state index in [4.69, 9.17) is 4.74 Å². The fourth-order valence-electron chi connectivity index (χ4n) is 3.61. The normalized spacial score (nSPS) is 23.8. The molecule has 1 amide bonds. The second kappa shape index (κ2) is 6.40. The number of amides is 1. The number of ether oxygens (including phenoxy) is 1. The monoisotopic (exact) mass is 325 g/mol. The maximum Gasteiger partial charge on any atom is 0.262 e. The first-order chi connectivity index (χ1) is 11.8. The molecule has 1 saturated carbocycles. The van der Waals surface area contributed by atoms with Crippen molar-refractivity contribution < 1.29 is 9.53 Å². The first kappa shape index (κ1) is 15.4. The molecule has 1 aliphatic heterocycles. The van der Waals surface area contributed by atoms with Crippen LogP contribution in [0.15, 0.2) is 42.6 Å². The molecule has 1 aliphatic carbocycles. The van der Waals surface area contributed by atoms with Gasteiger partial charge < -0.3 is 10.1 Å². The van der Waals surface area contributed by atoms with Crippen molar-refractivity contribution >= 4 is 11.7 Å². The minimum Gasteiger partial charge on any atom is -0.360 e. The summed E-state index contributed by atoms with van der Waals surface area (Å²) in [4.78, 5) is 13.1. The van der Waals surface area contributed by atoms with Crippen molar-refractivity contribution in [2.24, 2.45) is 5.92 Å². The molecule has 1 atom stereocenters. The highest BCUT2D eigenvalue weighted by Crippen LogP contribution is 2.37. The van der Waals surface area contributed by atoms with E-state index in [-0.39, 0.29) is 5.91 Å². The molecule has 1 aromatic carbocycles. The fourth-order valence-corrected chi connectivity index (χ4v) is 3.61. The molecule has 0 spiro atoms. The van der Waals surface area contributed by atoms with Crippen LogP contribution in [-0.2, 0) is 21.7 Å². The minimum atomic E-state index is -0.882. The highest BCUT2D eigenvalue weighted by atomic mass is 16.5. The smallest absolute Gasteiger partial charge is 0.262 e. The zero-order valence-electron chi connectivity index (χ0n) is 13.8. The number of hydrogen-bond acceptors (Lipinski definition) is 3. The predicted molar refractivity (Wildman–Crippen MR) is 91.5 cm³/mol. The Morgan fingerprint density at radius 1 is 1.25 bits per heavy atom. The van der Waals surface area contributed by atoms with Gasteiger partial charge in [0.1, 0.15) is 5.82 Å². The molecule has 1 unspecified atom stereocenters. The minimum absolute atomic E-state index is 0.0958. The van der Waals surface area contributed by atoms with Crippen molar-refractivity contribution in [1.29, 1.82) is 0 Å². The Hall–Kier alpha value is -2.14. The molecule has 1 aromatic heterocycles. The van der Waals surface area contributed by atoms with E-state index < -0.39 is 5.60 Å². The van der Waals surface area contributed by atoms with E-state index in [0.717, 1.165) is 24.3 Å². The molecule has 0 bridgehead atoms. The Kier molecular flexibility index (Phi) is 4.10. The Morgan fingerprint density at radius 2 is 2.08 bits per heavy atom. The van der Waals surface area contributed by atoms with Crippen LogP contribution in [0, 0.1) is 5.92 Å². The van der Waals surface area contributed by atoms with Crippen molar-refractivity contribution in [3.05, 3.63) is 48.2 Å². The highest BCUT2D eigenvalue weighted by Gasteiger charge is 2.44. The van der Waals surface area contributed by atoms with Crippen LogP contribution < -0.4 is 5.32 Å². The summed E-state index contributed by atoms with van der Waals surface area (Å²) >= 11 is 0. The molecule has 4 rings (SSSR count). The number of rotatable bonds is 5. The van der Waals surface area contributed by atoms with Gasteiger partial charge in [-0.05, 0) is 37.2 Å². The Balaban J connectivity index is 1.55. The second-order valence-corrected chi connectivity index (χ2v) is 6.79. The number of nitrogens with one attached hydrogen (secondary N) is 1. The van der Waals surface area contributed by atoms with E-state index in [9.17, 15) is 4.79 Å². The molecule has 2 aromatic rings. The Morgan fingerprint density at radius 3 is 2.75 bits per heavy atom.